The summed E-state index contributed by atoms with van der Waals surface area (Å²) in [6, 6.07) is 1.83. The van der Waals surface area contributed by atoms with Gasteiger partial charge in [-0.05, 0) is 19.9 Å². The van der Waals surface area contributed by atoms with Crippen molar-refractivity contribution in [1.29, 1.82) is 0 Å². The zero-order valence-electron chi connectivity index (χ0n) is 5.83. The lowest BCUT2D eigenvalue weighted by molar-refractivity contribution is 0.259. The van der Waals surface area contributed by atoms with Crippen molar-refractivity contribution in [3.63, 3.8) is 0 Å². The zero-order valence-corrected chi connectivity index (χ0v) is 6.72. The van der Waals surface area contributed by atoms with E-state index in [1.54, 1.807) is 0 Å². The summed E-state index contributed by atoms with van der Waals surface area (Å²) in [4.78, 5) is 10.6. The van der Waals surface area contributed by atoms with E-state index < -0.39 is 0 Å². The Morgan fingerprint density at radius 1 is 1.70 bits per heavy atom. The first-order valence-electron chi connectivity index (χ1n) is 2.88. The van der Waals surface area contributed by atoms with Gasteiger partial charge >= 0.3 is 5.24 Å². The molecule has 0 unspecified atom stereocenters. The van der Waals surface area contributed by atoms with Gasteiger partial charge in [-0.3, -0.25) is 4.79 Å². The van der Waals surface area contributed by atoms with E-state index in [1.165, 1.54) is 4.68 Å². The van der Waals surface area contributed by atoms with E-state index in [9.17, 15) is 4.79 Å². The molecule has 0 N–H and O–H groups in total. The monoisotopic (exact) mass is 156 g/mol. The molecule has 0 atom stereocenters. The van der Waals surface area contributed by atoms with Crippen molar-refractivity contribution in [1.82, 2.24) is 9.78 Å². The number of carbonyl (C=O) groups is 1. The Kier molecular flexibility index (Phi) is 1.80. The quantitative estimate of drug-likeness (QED) is 0.576. The van der Waals surface area contributed by atoms with E-state index in [2.05, 4.69) is 17.7 Å². The second kappa shape index (κ2) is 2.46. The molecule has 0 spiro atoms. The molecule has 0 amide bonds. The maximum atomic E-state index is 10.6. The molecule has 1 heterocycles. The number of rotatable bonds is 0. The van der Waals surface area contributed by atoms with Gasteiger partial charge in [-0.1, -0.05) is 12.6 Å². The number of hydrogen-bond acceptors (Lipinski definition) is 2. The van der Waals surface area contributed by atoms with Crippen LogP contribution in [0.25, 0.3) is 0 Å². The molecule has 10 heavy (non-hydrogen) atoms. The van der Waals surface area contributed by atoms with Crippen LogP contribution < -0.4 is 0 Å². The van der Waals surface area contributed by atoms with Crippen molar-refractivity contribution < 1.29 is 4.79 Å². The molecule has 0 aromatic carbocycles. The SMILES string of the molecule is Cc1cc(C)n(C(=O)S)n1. The van der Waals surface area contributed by atoms with E-state index in [-0.39, 0.29) is 5.24 Å². The highest BCUT2D eigenvalue weighted by Crippen LogP contribution is 2.02. The molecule has 0 radical (unpaired) electrons. The molecular formula is C6H8N2OS. The van der Waals surface area contributed by atoms with Crippen LogP contribution in [-0.2, 0) is 0 Å². The van der Waals surface area contributed by atoms with Crippen LogP contribution in [0, 0.1) is 13.8 Å². The minimum absolute atomic E-state index is 0.342. The Labute approximate surface area is 64.5 Å². The van der Waals surface area contributed by atoms with Crippen LogP contribution >= 0.6 is 12.6 Å². The fraction of sp³-hybridized carbons (Fsp3) is 0.333. The topological polar surface area (TPSA) is 34.9 Å². The highest BCUT2D eigenvalue weighted by atomic mass is 32.1. The second-order valence-corrected chi connectivity index (χ2v) is 2.50. The summed E-state index contributed by atoms with van der Waals surface area (Å²) in [7, 11) is 0. The van der Waals surface area contributed by atoms with Crippen LogP contribution in [0.2, 0.25) is 0 Å². The molecule has 1 rings (SSSR count). The predicted octanol–water partition coefficient (Wildman–Crippen LogP) is 1.40. The first-order chi connectivity index (χ1) is 4.61. The molecule has 3 nitrogen and oxygen atoms in total. The van der Waals surface area contributed by atoms with Gasteiger partial charge in [0.2, 0.25) is 0 Å². The third-order valence-electron chi connectivity index (χ3n) is 1.19. The van der Waals surface area contributed by atoms with Crippen LogP contribution in [0.5, 0.6) is 0 Å². The fourth-order valence-electron chi connectivity index (χ4n) is 0.823. The smallest absolute Gasteiger partial charge is 0.260 e. The van der Waals surface area contributed by atoms with E-state index in [0.29, 0.717) is 0 Å². The van der Waals surface area contributed by atoms with Crippen LogP contribution in [0.15, 0.2) is 6.07 Å². The van der Waals surface area contributed by atoms with Gasteiger partial charge in [0.05, 0.1) is 5.69 Å². The zero-order chi connectivity index (χ0) is 7.72. The number of aromatic nitrogens is 2. The highest BCUT2D eigenvalue weighted by Gasteiger charge is 2.03. The van der Waals surface area contributed by atoms with Crippen LogP contribution in [-0.4, -0.2) is 15.0 Å². The van der Waals surface area contributed by atoms with E-state index in [0.717, 1.165) is 11.4 Å². The molecule has 54 valence electrons. The molecule has 0 fully saturated rings. The van der Waals surface area contributed by atoms with Gasteiger partial charge in [0.1, 0.15) is 0 Å². The standard InChI is InChI=1S/C6H8N2OS/c1-4-3-5(2)8(7-4)6(9)10/h3H,1-2H3,(H,9,10). The van der Waals surface area contributed by atoms with Crippen LogP contribution in [0.1, 0.15) is 11.4 Å². The number of nitrogens with zero attached hydrogens (tertiary/aromatic N) is 2. The Hall–Kier alpha value is -0.770. The number of carbonyl (C=O) groups excluding carboxylic acids is 1. The molecule has 4 heteroatoms. The van der Waals surface area contributed by atoms with Gasteiger partial charge in [-0.15, -0.1) is 0 Å². The lowest BCUT2D eigenvalue weighted by Gasteiger charge is -1.93. The third kappa shape index (κ3) is 1.21. The van der Waals surface area contributed by atoms with Crippen molar-refractivity contribution in [2.24, 2.45) is 0 Å². The maximum Gasteiger partial charge on any atom is 0.303 e. The van der Waals surface area contributed by atoms with E-state index in [4.69, 9.17) is 0 Å². The summed E-state index contributed by atoms with van der Waals surface area (Å²) in [5, 5.41) is 3.56. The van der Waals surface area contributed by atoms with Crippen LogP contribution in [0.3, 0.4) is 0 Å². The van der Waals surface area contributed by atoms with Gasteiger partial charge < -0.3 is 0 Å². The van der Waals surface area contributed by atoms with E-state index >= 15 is 0 Å². The van der Waals surface area contributed by atoms with E-state index in [1.807, 2.05) is 19.9 Å². The first-order valence-corrected chi connectivity index (χ1v) is 3.32. The average molecular weight is 156 g/mol. The number of aryl methyl sites for hydroxylation is 2. The lowest BCUT2D eigenvalue weighted by atomic mass is 10.4. The molecule has 1 aromatic rings. The normalized spacial score (nSPS) is 9.90. The van der Waals surface area contributed by atoms with Crippen molar-refractivity contribution in [2.75, 3.05) is 0 Å². The summed E-state index contributed by atoms with van der Waals surface area (Å²) in [5.41, 5.74) is 1.65. The van der Waals surface area contributed by atoms with Crippen molar-refractivity contribution in [3.8, 4) is 0 Å². The van der Waals surface area contributed by atoms with Crippen molar-refractivity contribution >= 4 is 17.9 Å². The number of thiol groups is 1. The van der Waals surface area contributed by atoms with Gasteiger partial charge in [-0.25, -0.2) is 0 Å². The van der Waals surface area contributed by atoms with Gasteiger partial charge in [-0.2, -0.15) is 9.78 Å². The minimum atomic E-state index is -0.342. The Morgan fingerprint density at radius 2 is 2.30 bits per heavy atom. The second-order valence-electron chi connectivity index (χ2n) is 2.12. The minimum Gasteiger partial charge on any atom is -0.260 e. The lowest BCUT2D eigenvalue weighted by Crippen LogP contribution is -2.05. The fourth-order valence-corrected chi connectivity index (χ4v) is 1.03. The Morgan fingerprint density at radius 3 is 2.50 bits per heavy atom. The summed E-state index contributed by atoms with van der Waals surface area (Å²) < 4.78 is 1.26. The van der Waals surface area contributed by atoms with Crippen molar-refractivity contribution in [3.05, 3.63) is 17.5 Å². The molecule has 0 aliphatic rings. The summed E-state index contributed by atoms with van der Waals surface area (Å²) in [6.45, 7) is 3.65. The average Bonchev–Trinajstić information content (AvgIpc) is 2.10. The van der Waals surface area contributed by atoms with Gasteiger partial charge in [0.25, 0.3) is 0 Å². The largest absolute Gasteiger partial charge is 0.303 e. The maximum absolute atomic E-state index is 10.6. The van der Waals surface area contributed by atoms with Gasteiger partial charge in [0.15, 0.2) is 0 Å². The third-order valence-corrected chi connectivity index (χ3v) is 1.38. The Balaban J connectivity index is 3.15. The Bertz CT molecular complexity index is 267. The summed E-state index contributed by atoms with van der Waals surface area (Å²) >= 11 is 3.63. The molecule has 0 saturated heterocycles. The van der Waals surface area contributed by atoms with Gasteiger partial charge in [0, 0.05) is 5.69 Å². The molecule has 0 aliphatic carbocycles. The first kappa shape index (κ1) is 7.34. The molecule has 0 bridgehead atoms. The molecular weight excluding hydrogens is 148 g/mol. The van der Waals surface area contributed by atoms with Crippen LogP contribution in [0.4, 0.5) is 4.79 Å². The molecule has 0 aliphatic heterocycles. The molecule has 1 aromatic heterocycles. The number of hydrogen-bond donors (Lipinski definition) is 1. The predicted molar refractivity (Wildman–Crippen MR) is 41.5 cm³/mol. The summed E-state index contributed by atoms with van der Waals surface area (Å²) in [5.74, 6) is 0. The summed E-state index contributed by atoms with van der Waals surface area (Å²) in [6.07, 6.45) is 0. The highest BCUT2D eigenvalue weighted by molar-refractivity contribution is 7.96. The van der Waals surface area contributed by atoms with Crippen molar-refractivity contribution in [2.45, 2.75) is 13.8 Å². The molecule has 0 saturated carbocycles.